The molecule has 1 aromatic carbocycles. The van der Waals surface area contributed by atoms with Gasteiger partial charge in [0.25, 0.3) is 0 Å². The summed E-state index contributed by atoms with van der Waals surface area (Å²) in [6.07, 6.45) is 0. The molecule has 110 valence electrons. The molecule has 0 bridgehead atoms. The molecule has 1 heterocycles. The van der Waals surface area contributed by atoms with E-state index in [1.165, 1.54) is 6.07 Å². The summed E-state index contributed by atoms with van der Waals surface area (Å²) in [5.74, 6) is -0.967. The first-order valence-electron chi connectivity index (χ1n) is 5.63. The fourth-order valence-corrected chi connectivity index (χ4v) is 2.85. The quantitative estimate of drug-likeness (QED) is 0.637. The highest BCUT2D eigenvalue weighted by atomic mass is 79.9. The third-order valence-corrected chi connectivity index (χ3v) is 3.85. The van der Waals surface area contributed by atoms with E-state index in [1.807, 2.05) is 0 Å². The zero-order valence-electron chi connectivity index (χ0n) is 10.7. The summed E-state index contributed by atoms with van der Waals surface area (Å²) < 4.78 is 6.04. The number of halogens is 1. The smallest absolute Gasteiger partial charge is 0.365 e. The number of aromatic nitrogens is 1. The zero-order valence-corrected chi connectivity index (χ0v) is 13.1. The van der Waals surface area contributed by atoms with Gasteiger partial charge in [0.05, 0.1) is 10.6 Å². The van der Waals surface area contributed by atoms with E-state index in [1.54, 1.807) is 18.4 Å². The average molecular weight is 373 g/mol. The maximum absolute atomic E-state index is 11.0. The number of benzene rings is 1. The Bertz CT molecular complexity index is 716. The minimum absolute atomic E-state index is 0.0346. The molecule has 0 saturated heterocycles. The molecule has 0 amide bonds. The highest BCUT2D eigenvalue weighted by Gasteiger charge is 2.19. The van der Waals surface area contributed by atoms with Crippen molar-refractivity contribution in [1.82, 2.24) is 4.98 Å². The van der Waals surface area contributed by atoms with E-state index < -0.39 is 10.9 Å². The van der Waals surface area contributed by atoms with Gasteiger partial charge in [0.1, 0.15) is 6.61 Å². The van der Waals surface area contributed by atoms with Gasteiger partial charge in [-0.15, -0.1) is 11.3 Å². The van der Waals surface area contributed by atoms with Crippen molar-refractivity contribution in [2.45, 2.75) is 13.5 Å². The predicted octanol–water partition coefficient (Wildman–Crippen LogP) is 3.40. The molecule has 2 aromatic rings. The number of carboxylic acid groups (broad SMARTS) is 1. The standard InChI is InChI=1S/C12H9BrN2O5S/c1-6-2-7(13)3-9(15(18)19)10(6)20-4-8-5-21-11(14-8)12(16)17/h2-3,5H,4H2,1H3,(H,16,17). The number of nitro benzene ring substituents is 1. The van der Waals surface area contributed by atoms with Gasteiger partial charge in [0.2, 0.25) is 10.8 Å². The number of nitro groups is 1. The monoisotopic (exact) mass is 372 g/mol. The molecule has 1 N–H and O–H groups in total. The molecule has 0 saturated carbocycles. The van der Waals surface area contributed by atoms with Gasteiger partial charge in [0.15, 0.2) is 0 Å². The molecule has 0 radical (unpaired) electrons. The lowest BCUT2D eigenvalue weighted by Crippen LogP contribution is -2.02. The molecule has 0 aliphatic carbocycles. The number of aromatic carboxylic acids is 1. The summed E-state index contributed by atoms with van der Waals surface area (Å²) >= 11 is 4.17. The van der Waals surface area contributed by atoms with Crippen LogP contribution in [0.3, 0.4) is 0 Å². The van der Waals surface area contributed by atoms with Gasteiger partial charge in [-0.05, 0) is 18.6 Å². The second kappa shape index (κ2) is 6.19. The summed E-state index contributed by atoms with van der Waals surface area (Å²) in [6, 6.07) is 3.05. The molecule has 0 aliphatic heterocycles. The molecule has 0 atom stereocenters. The number of hydrogen-bond acceptors (Lipinski definition) is 6. The van der Waals surface area contributed by atoms with Crippen molar-refractivity contribution in [3.05, 3.63) is 48.4 Å². The molecule has 0 aliphatic rings. The Morgan fingerprint density at radius 1 is 1.57 bits per heavy atom. The number of thiazole rings is 1. The zero-order chi connectivity index (χ0) is 15.6. The van der Waals surface area contributed by atoms with Gasteiger partial charge in [-0.2, -0.15) is 0 Å². The first kappa shape index (κ1) is 15.4. The van der Waals surface area contributed by atoms with Crippen LogP contribution in [0.2, 0.25) is 0 Å². The van der Waals surface area contributed by atoms with Crippen LogP contribution in [-0.2, 0) is 6.61 Å². The number of carbonyl (C=O) groups is 1. The number of hydrogen-bond donors (Lipinski definition) is 1. The summed E-state index contributed by atoms with van der Waals surface area (Å²) in [6.45, 7) is 1.66. The highest BCUT2D eigenvalue weighted by molar-refractivity contribution is 9.10. The molecule has 21 heavy (non-hydrogen) atoms. The van der Waals surface area contributed by atoms with Crippen LogP contribution in [0.25, 0.3) is 0 Å². The second-order valence-electron chi connectivity index (χ2n) is 4.07. The van der Waals surface area contributed by atoms with Crippen LogP contribution in [0.1, 0.15) is 21.1 Å². The summed E-state index contributed by atoms with van der Waals surface area (Å²) in [5, 5.41) is 21.3. The number of ether oxygens (including phenoxy) is 1. The van der Waals surface area contributed by atoms with Gasteiger partial charge in [-0.1, -0.05) is 15.9 Å². The van der Waals surface area contributed by atoms with Crippen molar-refractivity contribution in [2.75, 3.05) is 0 Å². The van der Waals surface area contributed by atoms with E-state index in [4.69, 9.17) is 9.84 Å². The molecular weight excluding hydrogens is 364 g/mol. The van der Waals surface area contributed by atoms with Crippen LogP contribution < -0.4 is 4.74 Å². The maximum Gasteiger partial charge on any atom is 0.365 e. The van der Waals surface area contributed by atoms with Crippen molar-refractivity contribution in [2.24, 2.45) is 0 Å². The van der Waals surface area contributed by atoms with Crippen molar-refractivity contribution >= 4 is 38.9 Å². The van der Waals surface area contributed by atoms with Gasteiger partial charge in [-0.3, -0.25) is 10.1 Å². The number of aryl methyl sites for hydroxylation is 1. The number of nitrogens with zero attached hydrogens (tertiary/aromatic N) is 2. The lowest BCUT2D eigenvalue weighted by atomic mass is 10.2. The summed E-state index contributed by atoms with van der Waals surface area (Å²) in [5.41, 5.74) is 0.856. The van der Waals surface area contributed by atoms with E-state index in [0.717, 1.165) is 11.3 Å². The van der Waals surface area contributed by atoms with Crippen LogP contribution in [0.5, 0.6) is 5.75 Å². The summed E-state index contributed by atoms with van der Waals surface area (Å²) in [4.78, 5) is 25.1. The van der Waals surface area contributed by atoms with Crippen molar-refractivity contribution in [1.29, 1.82) is 0 Å². The van der Waals surface area contributed by atoms with Crippen LogP contribution in [0.15, 0.2) is 22.0 Å². The first-order valence-corrected chi connectivity index (χ1v) is 7.30. The predicted molar refractivity (Wildman–Crippen MR) is 78.9 cm³/mol. The first-order chi connectivity index (χ1) is 9.88. The van der Waals surface area contributed by atoms with Crippen molar-refractivity contribution < 1.29 is 19.6 Å². The molecule has 0 spiro atoms. The molecule has 2 rings (SSSR count). The third-order valence-electron chi connectivity index (χ3n) is 2.52. The van der Waals surface area contributed by atoms with E-state index in [0.29, 0.717) is 15.7 Å². The molecule has 0 unspecified atom stereocenters. The van der Waals surface area contributed by atoms with Gasteiger partial charge in [0, 0.05) is 15.9 Å². The van der Waals surface area contributed by atoms with Gasteiger partial charge >= 0.3 is 11.7 Å². The van der Waals surface area contributed by atoms with E-state index in [2.05, 4.69) is 20.9 Å². The topological polar surface area (TPSA) is 103 Å². The average Bonchev–Trinajstić information content (AvgIpc) is 2.85. The Kier molecular flexibility index (Phi) is 4.53. The number of carboxylic acids is 1. The molecule has 1 aromatic heterocycles. The minimum Gasteiger partial charge on any atom is -0.480 e. The van der Waals surface area contributed by atoms with Crippen LogP contribution in [0.4, 0.5) is 5.69 Å². The minimum atomic E-state index is -1.11. The van der Waals surface area contributed by atoms with Crippen LogP contribution >= 0.6 is 27.3 Å². The van der Waals surface area contributed by atoms with Crippen LogP contribution in [-0.4, -0.2) is 21.0 Å². The lowest BCUT2D eigenvalue weighted by Gasteiger charge is -2.08. The SMILES string of the molecule is Cc1cc(Br)cc([N+](=O)[O-])c1OCc1csc(C(=O)O)n1. The molecule has 9 heteroatoms. The largest absolute Gasteiger partial charge is 0.480 e. The van der Waals surface area contributed by atoms with Gasteiger partial charge < -0.3 is 9.84 Å². The van der Waals surface area contributed by atoms with Gasteiger partial charge in [-0.25, -0.2) is 9.78 Å². The second-order valence-corrected chi connectivity index (χ2v) is 5.84. The summed E-state index contributed by atoms with van der Waals surface area (Å²) in [7, 11) is 0. The normalized spacial score (nSPS) is 10.4. The van der Waals surface area contributed by atoms with E-state index in [9.17, 15) is 14.9 Å². The number of rotatable bonds is 5. The lowest BCUT2D eigenvalue weighted by molar-refractivity contribution is -0.386. The Morgan fingerprint density at radius 3 is 2.86 bits per heavy atom. The van der Waals surface area contributed by atoms with Crippen molar-refractivity contribution in [3.8, 4) is 5.75 Å². The molecule has 7 nitrogen and oxygen atoms in total. The van der Waals surface area contributed by atoms with E-state index >= 15 is 0 Å². The highest BCUT2D eigenvalue weighted by Crippen LogP contribution is 2.34. The fraction of sp³-hybridized carbons (Fsp3) is 0.167. The Hall–Kier alpha value is -2.00. The van der Waals surface area contributed by atoms with Crippen molar-refractivity contribution in [3.63, 3.8) is 0 Å². The van der Waals surface area contributed by atoms with E-state index in [-0.39, 0.29) is 23.1 Å². The van der Waals surface area contributed by atoms with Crippen LogP contribution in [0, 0.1) is 17.0 Å². The third kappa shape index (κ3) is 3.56. The molecular formula is C12H9BrN2O5S. The fourth-order valence-electron chi connectivity index (χ4n) is 1.65. The molecule has 0 fully saturated rings. The Labute approximate surface area is 131 Å². The Balaban J connectivity index is 2.23. The maximum atomic E-state index is 11.0. The Morgan fingerprint density at radius 2 is 2.29 bits per heavy atom.